The molecule has 1 unspecified atom stereocenters. The Morgan fingerprint density at radius 2 is 2.21 bits per heavy atom. The van der Waals surface area contributed by atoms with E-state index in [-0.39, 0.29) is 17.7 Å². The molecular formula is C12H14FNO5. The lowest BCUT2D eigenvalue weighted by Gasteiger charge is -2.13. The Hall–Kier alpha value is -2.18. The van der Waals surface area contributed by atoms with Crippen LogP contribution in [-0.4, -0.2) is 23.1 Å². The fourth-order valence-corrected chi connectivity index (χ4v) is 1.85. The van der Waals surface area contributed by atoms with E-state index in [1.807, 2.05) is 0 Å². The van der Waals surface area contributed by atoms with Gasteiger partial charge in [-0.1, -0.05) is 13.3 Å². The standard InChI is InChI=1S/C12H14FNO5/c1-3-4-7(12(15)16)8-5-11(19-2)9(13)6-10(8)14(17)18/h5-7H,3-4H2,1-2H3,(H,15,16). The predicted molar refractivity (Wildman–Crippen MR) is 64.9 cm³/mol. The van der Waals surface area contributed by atoms with Crippen molar-refractivity contribution in [2.45, 2.75) is 25.7 Å². The lowest BCUT2D eigenvalue weighted by molar-refractivity contribution is -0.385. The number of carboxylic acids is 1. The summed E-state index contributed by atoms with van der Waals surface area (Å²) in [7, 11) is 1.21. The molecule has 0 aliphatic rings. The Kier molecular flexibility index (Phi) is 4.80. The van der Waals surface area contributed by atoms with Gasteiger partial charge >= 0.3 is 5.97 Å². The third-order valence-corrected chi connectivity index (χ3v) is 2.75. The monoisotopic (exact) mass is 271 g/mol. The topological polar surface area (TPSA) is 89.7 Å². The van der Waals surface area contributed by atoms with Crippen LogP contribution in [0.3, 0.4) is 0 Å². The number of benzene rings is 1. The van der Waals surface area contributed by atoms with Crippen molar-refractivity contribution in [3.05, 3.63) is 33.6 Å². The van der Waals surface area contributed by atoms with Gasteiger partial charge in [0, 0.05) is 5.56 Å². The molecule has 6 nitrogen and oxygen atoms in total. The van der Waals surface area contributed by atoms with Crippen molar-refractivity contribution in [3.8, 4) is 5.75 Å². The molecule has 104 valence electrons. The van der Waals surface area contributed by atoms with E-state index in [2.05, 4.69) is 0 Å². The smallest absolute Gasteiger partial charge is 0.311 e. The zero-order chi connectivity index (χ0) is 14.6. The fraction of sp³-hybridized carbons (Fsp3) is 0.417. The molecule has 0 aliphatic carbocycles. The maximum Gasteiger partial charge on any atom is 0.311 e. The van der Waals surface area contributed by atoms with Crippen LogP contribution in [-0.2, 0) is 4.79 Å². The summed E-state index contributed by atoms with van der Waals surface area (Å²) in [5.41, 5.74) is -0.586. The van der Waals surface area contributed by atoms with Gasteiger partial charge in [-0.2, -0.15) is 0 Å². The molecule has 19 heavy (non-hydrogen) atoms. The van der Waals surface area contributed by atoms with Crippen LogP contribution in [0, 0.1) is 15.9 Å². The Morgan fingerprint density at radius 1 is 1.58 bits per heavy atom. The van der Waals surface area contributed by atoms with Gasteiger partial charge in [-0.3, -0.25) is 14.9 Å². The number of hydrogen-bond acceptors (Lipinski definition) is 4. The van der Waals surface area contributed by atoms with Gasteiger partial charge in [0.15, 0.2) is 11.6 Å². The van der Waals surface area contributed by atoms with Gasteiger partial charge < -0.3 is 9.84 Å². The van der Waals surface area contributed by atoms with Crippen molar-refractivity contribution >= 4 is 11.7 Å². The average molecular weight is 271 g/mol. The van der Waals surface area contributed by atoms with E-state index in [1.54, 1.807) is 6.92 Å². The molecule has 0 fully saturated rings. The summed E-state index contributed by atoms with van der Waals surface area (Å²) < 4.78 is 18.2. The molecule has 0 aliphatic heterocycles. The van der Waals surface area contributed by atoms with Crippen LogP contribution < -0.4 is 4.74 Å². The molecule has 1 aromatic rings. The molecule has 0 spiro atoms. The molecule has 1 N–H and O–H groups in total. The van der Waals surface area contributed by atoms with Crippen LogP contribution in [0.4, 0.5) is 10.1 Å². The first-order valence-electron chi connectivity index (χ1n) is 5.67. The second kappa shape index (κ2) is 6.12. The summed E-state index contributed by atoms with van der Waals surface area (Å²) in [5, 5.41) is 20.0. The highest BCUT2D eigenvalue weighted by molar-refractivity contribution is 5.78. The van der Waals surface area contributed by atoms with Gasteiger partial charge in [0.1, 0.15) is 0 Å². The van der Waals surface area contributed by atoms with Gasteiger partial charge in [-0.15, -0.1) is 0 Å². The maximum atomic E-state index is 13.5. The lowest BCUT2D eigenvalue weighted by Crippen LogP contribution is -2.14. The Labute approximate surface area is 109 Å². The van der Waals surface area contributed by atoms with Crippen LogP contribution in [0.5, 0.6) is 5.75 Å². The molecule has 7 heteroatoms. The summed E-state index contributed by atoms with van der Waals surface area (Å²) >= 11 is 0. The first-order valence-corrected chi connectivity index (χ1v) is 5.67. The van der Waals surface area contributed by atoms with Gasteiger partial charge in [-0.05, 0) is 12.5 Å². The third kappa shape index (κ3) is 3.18. The molecule has 0 saturated carbocycles. The SMILES string of the molecule is CCCC(C(=O)O)c1cc(OC)c(F)cc1[N+](=O)[O-]. The van der Waals surface area contributed by atoms with E-state index in [0.717, 1.165) is 6.07 Å². The van der Waals surface area contributed by atoms with E-state index >= 15 is 0 Å². The minimum absolute atomic E-state index is 0.0439. The van der Waals surface area contributed by atoms with E-state index in [4.69, 9.17) is 9.84 Å². The predicted octanol–water partition coefficient (Wildman–Crippen LogP) is 2.71. The van der Waals surface area contributed by atoms with Crippen molar-refractivity contribution in [2.24, 2.45) is 0 Å². The Bertz CT molecular complexity index is 503. The van der Waals surface area contributed by atoms with E-state index < -0.39 is 28.3 Å². The van der Waals surface area contributed by atoms with Crippen molar-refractivity contribution < 1.29 is 24.0 Å². The number of halogens is 1. The minimum atomic E-state index is -1.18. The normalized spacial score (nSPS) is 11.9. The van der Waals surface area contributed by atoms with Crippen LogP contribution in [0.1, 0.15) is 31.2 Å². The van der Waals surface area contributed by atoms with E-state index in [9.17, 15) is 19.3 Å². The Balaban J connectivity index is 3.44. The number of methoxy groups -OCH3 is 1. The van der Waals surface area contributed by atoms with Crippen molar-refractivity contribution in [3.63, 3.8) is 0 Å². The molecule has 0 aromatic heterocycles. The van der Waals surface area contributed by atoms with Crippen molar-refractivity contribution in [1.29, 1.82) is 0 Å². The highest BCUT2D eigenvalue weighted by Gasteiger charge is 2.29. The average Bonchev–Trinajstić information content (AvgIpc) is 2.35. The number of rotatable bonds is 6. The van der Waals surface area contributed by atoms with Gasteiger partial charge in [0.25, 0.3) is 5.69 Å². The summed E-state index contributed by atoms with van der Waals surface area (Å²) in [6.45, 7) is 1.77. The number of hydrogen-bond donors (Lipinski definition) is 1. The van der Waals surface area contributed by atoms with Gasteiger partial charge in [0.05, 0.1) is 24.0 Å². The molecule has 1 rings (SSSR count). The minimum Gasteiger partial charge on any atom is -0.494 e. The maximum absolute atomic E-state index is 13.5. The van der Waals surface area contributed by atoms with Crippen molar-refractivity contribution in [1.82, 2.24) is 0 Å². The largest absolute Gasteiger partial charge is 0.494 e. The number of carboxylic acid groups (broad SMARTS) is 1. The number of aliphatic carboxylic acids is 1. The second-order valence-electron chi connectivity index (χ2n) is 3.98. The summed E-state index contributed by atoms with van der Waals surface area (Å²) in [5.74, 6) is -3.33. The quantitative estimate of drug-likeness (QED) is 0.634. The van der Waals surface area contributed by atoms with Gasteiger partial charge in [-0.25, -0.2) is 4.39 Å². The highest BCUT2D eigenvalue weighted by Crippen LogP contribution is 2.35. The van der Waals surface area contributed by atoms with Crippen LogP contribution in [0.25, 0.3) is 0 Å². The molecule has 0 amide bonds. The number of nitrogens with zero attached hydrogens (tertiary/aromatic N) is 1. The number of nitro benzene ring substituents is 1. The Morgan fingerprint density at radius 3 is 2.63 bits per heavy atom. The molecule has 0 radical (unpaired) electrons. The summed E-state index contributed by atoms with van der Waals surface area (Å²) in [6, 6.07) is 1.78. The third-order valence-electron chi connectivity index (χ3n) is 2.75. The fourth-order valence-electron chi connectivity index (χ4n) is 1.85. The second-order valence-corrected chi connectivity index (χ2v) is 3.98. The molecule has 1 aromatic carbocycles. The van der Waals surface area contributed by atoms with Crippen LogP contribution >= 0.6 is 0 Å². The first kappa shape index (κ1) is 14.9. The van der Waals surface area contributed by atoms with Crippen molar-refractivity contribution in [2.75, 3.05) is 7.11 Å². The van der Waals surface area contributed by atoms with Crippen LogP contribution in [0.15, 0.2) is 12.1 Å². The number of nitro groups is 1. The molecule has 1 atom stereocenters. The lowest BCUT2D eigenvalue weighted by atomic mass is 9.93. The summed E-state index contributed by atoms with van der Waals surface area (Å²) in [6.07, 6.45) is 0.763. The van der Waals surface area contributed by atoms with E-state index in [1.165, 1.54) is 7.11 Å². The first-order chi connectivity index (χ1) is 8.92. The molecular weight excluding hydrogens is 257 g/mol. The molecule has 0 saturated heterocycles. The summed E-state index contributed by atoms with van der Waals surface area (Å²) in [4.78, 5) is 21.3. The van der Waals surface area contributed by atoms with Gasteiger partial charge in [0.2, 0.25) is 0 Å². The molecule has 0 heterocycles. The number of carbonyl (C=O) groups is 1. The van der Waals surface area contributed by atoms with Crippen LogP contribution in [0.2, 0.25) is 0 Å². The van der Waals surface area contributed by atoms with E-state index in [0.29, 0.717) is 12.5 Å². The zero-order valence-corrected chi connectivity index (χ0v) is 10.6. The zero-order valence-electron chi connectivity index (χ0n) is 10.6. The molecule has 0 bridgehead atoms. The highest BCUT2D eigenvalue weighted by atomic mass is 19.1. The number of ether oxygens (including phenoxy) is 1.